The number of nitrogens with zero attached hydrogens (tertiary/aromatic N) is 5. The number of Topliss-reactive ketones (excluding diaryl/α,β-unsaturated/α-hetero) is 1. The molecule has 0 spiro atoms. The van der Waals surface area contributed by atoms with Gasteiger partial charge in [0.1, 0.15) is 5.78 Å². The molecule has 1 aromatic rings. The zero-order valence-corrected chi connectivity index (χ0v) is 16.0. The van der Waals surface area contributed by atoms with Gasteiger partial charge in [-0.15, -0.1) is 0 Å². The van der Waals surface area contributed by atoms with Crippen LogP contribution in [0.25, 0.3) is 0 Å². The minimum absolute atomic E-state index is 0.199. The van der Waals surface area contributed by atoms with Crippen LogP contribution in [0.2, 0.25) is 0 Å². The second-order valence-corrected chi connectivity index (χ2v) is 7.37. The van der Waals surface area contributed by atoms with Gasteiger partial charge in [0.2, 0.25) is 5.96 Å². The van der Waals surface area contributed by atoms with E-state index in [2.05, 4.69) is 30.9 Å². The molecule has 2 saturated heterocycles. The number of rotatable bonds is 3. The minimum atomic E-state index is -0.572. The molecule has 0 aliphatic carbocycles. The molecular formula is C19H23N5O3. The molecule has 3 aliphatic heterocycles. The Labute approximate surface area is 158 Å². The zero-order chi connectivity index (χ0) is 19.5. The lowest BCUT2D eigenvalue weighted by Gasteiger charge is -2.40. The summed E-state index contributed by atoms with van der Waals surface area (Å²) in [5, 5.41) is 0. The van der Waals surface area contributed by atoms with Gasteiger partial charge in [-0.1, -0.05) is 12.1 Å². The van der Waals surface area contributed by atoms with Crippen molar-refractivity contribution in [2.75, 3.05) is 31.6 Å². The van der Waals surface area contributed by atoms with E-state index in [0.717, 1.165) is 23.1 Å². The number of urea groups is 1. The molecule has 0 aromatic heterocycles. The monoisotopic (exact) mass is 369 g/mol. The average molecular weight is 369 g/mol. The van der Waals surface area contributed by atoms with E-state index < -0.39 is 18.2 Å². The number of hydrogen-bond donors (Lipinski definition) is 0. The molecule has 27 heavy (non-hydrogen) atoms. The molecule has 8 nitrogen and oxygen atoms in total. The standard InChI is InChI=1S/C19H23N5O3/c1-11-6-5-7-14(13(11)3)22-8-9-23-15-16(20-18(22)23)21(4)19(27)24(17(15)26)10-12(2)25/h5-7,15-16H,8-10H2,1-4H3. The van der Waals surface area contributed by atoms with Crippen LogP contribution in [0.5, 0.6) is 0 Å². The number of amides is 3. The molecule has 2 fully saturated rings. The van der Waals surface area contributed by atoms with Crippen molar-refractivity contribution in [3.05, 3.63) is 29.3 Å². The third-order valence-corrected chi connectivity index (χ3v) is 5.62. The minimum Gasteiger partial charge on any atom is -0.325 e. The van der Waals surface area contributed by atoms with Crippen molar-refractivity contribution in [1.82, 2.24) is 14.7 Å². The van der Waals surface area contributed by atoms with Crippen molar-refractivity contribution in [3.63, 3.8) is 0 Å². The van der Waals surface area contributed by atoms with Crippen molar-refractivity contribution in [3.8, 4) is 0 Å². The first-order valence-corrected chi connectivity index (χ1v) is 9.07. The van der Waals surface area contributed by atoms with Gasteiger partial charge in [-0.25, -0.2) is 9.79 Å². The Morgan fingerprint density at radius 1 is 1.22 bits per heavy atom. The summed E-state index contributed by atoms with van der Waals surface area (Å²) in [4.78, 5) is 48.4. The summed E-state index contributed by atoms with van der Waals surface area (Å²) in [6.07, 6.45) is -0.559. The number of carbonyl (C=O) groups excluding carboxylic acids is 3. The highest BCUT2D eigenvalue weighted by Crippen LogP contribution is 2.34. The number of aryl methyl sites for hydroxylation is 1. The molecule has 0 radical (unpaired) electrons. The van der Waals surface area contributed by atoms with E-state index in [1.165, 1.54) is 23.0 Å². The van der Waals surface area contributed by atoms with Crippen LogP contribution < -0.4 is 4.90 Å². The first-order chi connectivity index (χ1) is 12.8. The van der Waals surface area contributed by atoms with E-state index in [0.29, 0.717) is 6.54 Å². The van der Waals surface area contributed by atoms with Crippen molar-refractivity contribution in [1.29, 1.82) is 0 Å². The molecule has 2 unspecified atom stereocenters. The Morgan fingerprint density at radius 3 is 2.67 bits per heavy atom. The van der Waals surface area contributed by atoms with Crippen molar-refractivity contribution in [2.45, 2.75) is 33.0 Å². The van der Waals surface area contributed by atoms with Crippen LogP contribution in [0.1, 0.15) is 18.1 Å². The molecule has 0 bridgehead atoms. The SMILES string of the molecule is CC(=O)CN1C(=O)C2C(N=C3N(c4cccc(C)c4C)CCN32)N(C)C1=O. The summed E-state index contributed by atoms with van der Waals surface area (Å²) in [6, 6.07) is 5.09. The summed E-state index contributed by atoms with van der Waals surface area (Å²) in [7, 11) is 1.63. The molecule has 3 amide bonds. The maximum absolute atomic E-state index is 13.0. The third-order valence-electron chi connectivity index (χ3n) is 5.62. The number of hydrogen-bond acceptors (Lipinski definition) is 6. The van der Waals surface area contributed by atoms with Crippen LogP contribution in [-0.2, 0) is 9.59 Å². The van der Waals surface area contributed by atoms with Crippen LogP contribution >= 0.6 is 0 Å². The molecule has 1 aromatic carbocycles. The predicted octanol–water partition coefficient (Wildman–Crippen LogP) is 0.973. The molecule has 3 aliphatic rings. The fraction of sp³-hybridized carbons (Fsp3) is 0.474. The first kappa shape index (κ1) is 17.5. The van der Waals surface area contributed by atoms with Crippen LogP contribution in [0.3, 0.4) is 0 Å². The third kappa shape index (κ3) is 2.50. The number of guanidine groups is 1. The second-order valence-electron chi connectivity index (χ2n) is 7.37. The number of ketones is 1. The number of likely N-dealkylation sites (N-methyl/N-ethyl adjacent to an activating group) is 1. The van der Waals surface area contributed by atoms with E-state index in [9.17, 15) is 14.4 Å². The van der Waals surface area contributed by atoms with Gasteiger partial charge in [-0.3, -0.25) is 14.5 Å². The summed E-state index contributed by atoms with van der Waals surface area (Å²) in [5.41, 5.74) is 3.43. The second kappa shape index (κ2) is 6.07. The summed E-state index contributed by atoms with van der Waals surface area (Å²) >= 11 is 0. The van der Waals surface area contributed by atoms with E-state index in [4.69, 9.17) is 4.99 Å². The van der Waals surface area contributed by atoms with Gasteiger partial charge < -0.3 is 14.7 Å². The molecule has 4 rings (SSSR count). The van der Waals surface area contributed by atoms with E-state index in [1.807, 2.05) is 11.0 Å². The van der Waals surface area contributed by atoms with Gasteiger partial charge in [0.25, 0.3) is 5.91 Å². The number of imide groups is 1. The van der Waals surface area contributed by atoms with Gasteiger partial charge in [0, 0.05) is 25.8 Å². The summed E-state index contributed by atoms with van der Waals surface area (Å²) in [5.74, 6) is 0.150. The van der Waals surface area contributed by atoms with Crippen LogP contribution in [0.15, 0.2) is 23.2 Å². The predicted molar refractivity (Wildman–Crippen MR) is 101 cm³/mol. The Morgan fingerprint density at radius 2 is 1.96 bits per heavy atom. The maximum atomic E-state index is 13.0. The van der Waals surface area contributed by atoms with E-state index in [-0.39, 0.29) is 18.2 Å². The van der Waals surface area contributed by atoms with Gasteiger partial charge in [-0.05, 0) is 38.0 Å². The largest absolute Gasteiger partial charge is 0.328 e. The fourth-order valence-electron chi connectivity index (χ4n) is 4.06. The lowest BCUT2D eigenvalue weighted by molar-refractivity contribution is -0.139. The molecule has 142 valence electrons. The number of benzene rings is 1. The fourth-order valence-corrected chi connectivity index (χ4v) is 4.06. The molecule has 0 N–H and O–H groups in total. The lowest BCUT2D eigenvalue weighted by atomic mass is 10.1. The normalized spacial score (nSPS) is 24.4. The van der Waals surface area contributed by atoms with Gasteiger partial charge in [-0.2, -0.15) is 0 Å². The zero-order valence-electron chi connectivity index (χ0n) is 16.0. The number of fused-ring (bicyclic) bond motifs is 3. The highest BCUT2D eigenvalue weighted by molar-refractivity contribution is 6.09. The number of carbonyl (C=O) groups is 3. The topological polar surface area (TPSA) is 76.5 Å². The van der Waals surface area contributed by atoms with Crippen LogP contribution in [-0.4, -0.2) is 77.3 Å². The number of anilines is 1. The number of aliphatic imine (C=N–C) groups is 1. The van der Waals surface area contributed by atoms with Crippen LogP contribution in [0, 0.1) is 13.8 Å². The summed E-state index contributed by atoms with van der Waals surface area (Å²) in [6.45, 7) is 6.69. The van der Waals surface area contributed by atoms with E-state index >= 15 is 0 Å². The highest BCUT2D eigenvalue weighted by atomic mass is 16.2. The lowest BCUT2D eigenvalue weighted by Crippen LogP contribution is -2.65. The first-order valence-electron chi connectivity index (χ1n) is 9.07. The Bertz CT molecular complexity index is 880. The Hall–Kier alpha value is -2.90. The molecule has 0 saturated carbocycles. The Balaban J connectivity index is 1.69. The highest BCUT2D eigenvalue weighted by Gasteiger charge is 2.54. The molecule has 2 atom stereocenters. The molecule has 3 heterocycles. The molecular weight excluding hydrogens is 346 g/mol. The molecule has 8 heteroatoms. The van der Waals surface area contributed by atoms with E-state index in [1.54, 1.807) is 7.05 Å². The Kier molecular flexibility index (Phi) is 3.94. The maximum Gasteiger partial charge on any atom is 0.328 e. The van der Waals surface area contributed by atoms with Crippen LogP contribution in [0.4, 0.5) is 10.5 Å². The smallest absolute Gasteiger partial charge is 0.325 e. The van der Waals surface area contributed by atoms with Gasteiger partial charge in [0.05, 0.1) is 6.54 Å². The quantitative estimate of drug-likeness (QED) is 0.794. The summed E-state index contributed by atoms with van der Waals surface area (Å²) < 4.78 is 0. The van der Waals surface area contributed by atoms with Gasteiger partial charge >= 0.3 is 6.03 Å². The van der Waals surface area contributed by atoms with Gasteiger partial charge in [0.15, 0.2) is 12.2 Å². The van der Waals surface area contributed by atoms with Crippen molar-refractivity contribution >= 4 is 29.4 Å². The van der Waals surface area contributed by atoms with Crippen molar-refractivity contribution < 1.29 is 14.4 Å². The average Bonchev–Trinajstić information content (AvgIpc) is 3.18. The van der Waals surface area contributed by atoms with Crippen molar-refractivity contribution in [2.24, 2.45) is 4.99 Å².